The smallest absolute Gasteiger partial charge is 0.306 e. The molecule has 1 aromatic carbocycles. The Morgan fingerprint density at radius 1 is 1.50 bits per heavy atom. The average Bonchev–Trinajstić information content (AvgIpc) is 2.80. The van der Waals surface area contributed by atoms with Crippen molar-refractivity contribution in [3.63, 3.8) is 0 Å². The summed E-state index contributed by atoms with van der Waals surface area (Å²) < 4.78 is 0. The summed E-state index contributed by atoms with van der Waals surface area (Å²) in [5.41, 5.74) is 2.48. The Hall–Kier alpha value is -2.02. The van der Waals surface area contributed by atoms with Crippen LogP contribution in [0.25, 0.3) is 0 Å². The third kappa shape index (κ3) is 2.45. The monoisotopic (exact) mass is 244 g/mol. The Bertz CT molecular complexity index is 505. The maximum atomic E-state index is 10.9. The molecule has 2 rings (SSSR count). The van der Waals surface area contributed by atoms with Gasteiger partial charge in [-0.25, -0.2) is 0 Å². The van der Waals surface area contributed by atoms with Gasteiger partial charge in [-0.1, -0.05) is 12.1 Å². The van der Waals surface area contributed by atoms with E-state index in [-0.39, 0.29) is 12.0 Å². The molecule has 18 heavy (non-hydrogen) atoms. The second kappa shape index (κ2) is 5.09. The van der Waals surface area contributed by atoms with E-state index in [4.69, 9.17) is 10.4 Å². The van der Waals surface area contributed by atoms with Crippen LogP contribution in [0, 0.1) is 24.2 Å². The number of benzene rings is 1. The zero-order valence-electron chi connectivity index (χ0n) is 10.3. The third-order valence-corrected chi connectivity index (χ3v) is 3.52. The highest BCUT2D eigenvalue weighted by Crippen LogP contribution is 2.30. The standard InChI is InChI=1S/C14H16N2O2/c1-9-3-2-4-11(8-15)13(9)16-12-6-5-10(7-12)14(17)18/h2-4,10,12,16H,5-7H2,1H3,(H,17,18). The Morgan fingerprint density at radius 3 is 2.89 bits per heavy atom. The van der Waals surface area contributed by atoms with Crippen molar-refractivity contribution in [1.29, 1.82) is 5.26 Å². The van der Waals surface area contributed by atoms with E-state index >= 15 is 0 Å². The molecule has 0 radical (unpaired) electrons. The Labute approximate surface area is 106 Å². The highest BCUT2D eigenvalue weighted by molar-refractivity contribution is 5.71. The number of carboxylic acid groups (broad SMARTS) is 1. The number of anilines is 1. The third-order valence-electron chi connectivity index (χ3n) is 3.52. The van der Waals surface area contributed by atoms with Crippen molar-refractivity contribution in [3.8, 4) is 6.07 Å². The molecule has 1 aliphatic rings. The molecule has 94 valence electrons. The number of hydrogen-bond acceptors (Lipinski definition) is 3. The van der Waals surface area contributed by atoms with Gasteiger partial charge < -0.3 is 10.4 Å². The van der Waals surface area contributed by atoms with Crippen molar-refractivity contribution in [2.45, 2.75) is 32.2 Å². The normalized spacial score (nSPS) is 22.4. The number of nitrogens with one attached hydrogen (secondary N) is 1. The number of nitrogens with zero attached hydrogens (tertiary/aromatic N) is 1. The van der Waals surface area contributed by atoms with Crippen LogP contribution in [0.15, 0.2) is 18.2 Å². The minimum absolute atomic E-state index is 0.152. The number of rotatable bonds is 3. The van der Waals surface area contributed by atoms with Crippen molar-refractivity contribution in [1.82, 2.24) is 0 Å². The first kappa shape index (κ1) is 12.4. The Balaban J connectivity index is 2.12. The quantitative estimate of drug-likeness (QED) is 0.857. The van der Waals surface area contributed by atoms with Crippen LogP contribution < -0.4 is 5.32 Å². The molecule has 2 N–H and O–H groups in total. The molecule has 2 unspecified atom stereocenters. The summed E-state index contributed by atoms with van der Waals surface area (Å²) in [5, 5.41) is 21.4. The predicted molar refractivity (Wildman–Crippen MR) is 68.3 cm³/mol. The summed E-state index contributed by atoms with van der Waals surface area (Å²) in [4.78, 5) is 10.9. The van der Waals surface area contributed by atoms with Gasteiger partial charge in [-0.2, -0.15) is 5.26 Å². The van der Waals surface area contributed by atoms with Crippen molar-refractivity contribution >= 4 is 11.7 Å². The maximum absolute atomic E-state index is 10.9. The minimum atomic E-state index is -0.718. The van der Waals surface area contributed by atoms with E-state index in [1.165, 1.54) is 0 Å². The van der Waals surface area contributed by atoms with Gasteiger partial charge in [0.15, 0.2) is 0 Å². The molecule has 1 aliphatic carbocycles. The molecule has 0 bridgehead atoms. The molecule has 0 aromatic heterocycles. The lowest BCUT2D eigenvalue weighted by Crippen LogP contribution is -2.19. The lowest BCUT2D eigenvalue weighted by Gasteiger charge is -2.17. The highest BCUT2D eigenvalue weighted by Gasteiger charge is 2.30. The van der Waals surface area contributed by atoms with Crippen LogP contribution >= 0.6 is 0 Å². The zero-order chi connectivity index (χ0) is 13.1. The molecule has 0 heterocycles. The van der Waals surface area contributed by atoms with Gasteiger partial charge in [0.05, 0.1) is 17.2 Å². The fourth-order valence-corrected chi connectivity index (χ4v) is 2.49. The topological polar surface area (TPSA) is 73.1 Å². The van der Waals surface area contributed by atoms with Crippen LogP contribution in [0.2, 0.25) is 0 Å². The summed E-state index contributed by atoms with van der Waals surface area (Å²) in [5.74, 6) is -0.971. The van der Waals surface area contributed by atoms with Gasteiger partial charge in [0, 0.05) is 6.04 Å². The Kier molecular flexibility index (Phi) is 3.52. The number of aliphatic carboxylic acids is 1. The minimum Gasteiger partial charge on any atom is -0.481 e. The van der Waals surface area contributed by atoms with E-state index < -0.39 is 5.97 Å². The van der Waals surface area contributed by atoms with Crippen molar-refractivity contribution < 1.29 is 9.90 Å². The molecule has 0 saturated heterocycles. The van der Waals surface area contributed by atoms with Crippen molar-refractivity contribution in [2.24, 2.45) is 5.92 Å². The molecule has 4 heteroatoms. The van der Waals surface area contributed by atoms with Crippen LogP contribution in [0.1, 0.15) is 30.4 Å². The van der Waals surface area contributed by atoms with E-state index in [1.54, 1.807) is 6.07 Å². The molecule has 0 spiro atoms. The molecule has 4 nitrogen and oxygen atoms in total. The molecule has 1 fully saturated rings. The maximum Gasteiger partial charge on any atom is 0.306 e. The van der Waals surface area contributed by atoms with Gasteiger partial charge in [0.25, 0.3) is 0 Å². The molecule has 2 atom stereocenters. The first-order chi connectivity index (χ1) is 8.61. The summed E-state index contributed by atoms with van der Waals surface area (Å²) in [6.45, 7) is 1.95. The van der Waals surface area contributed by atoms with Gasteiger partial charge in [-0.05, 0) is 37.8 Å². The van der Waals surface area contributed by atoms with Crippen molar-refractivity contribution in [3.05, 3.63) is 29.3 Å². The van der Waals surface area contributed by atoms with E-state index in [1.807, 2.05) is 19.1 Å². The van der Waals surface area contributed by atoms with Crippen LogP contribution in [-0.4, -0.2) is 17.1 Å². The fourth-order valence-electron chi connectivity index (χ4n) is 2.49. The lowest BCUT2D eigenvalue weighted by atomic mass is 10.1. The lowest BCUT2D eigenvalue weighted by molar-refractivity contribution is -0.141. The van der Waals surface area contributed by atoms with Gasteiger partial charge >= 0.3 is 5.97 Å². The number of para-hydroxylation sites is 1. The summed E-state index contributed by atoms with van der Waals surface area (Å²) in [7, 11) is 0. The van der Waals surface area contributed by atoms with Crippen LogP contribution in [0.4, 0.5) is 5.69 Å². The summed E-state index contributed by atoms with van der Waals surface area (Å²) >= 11 is 0. The Morgan fingerprint density at radius 2 is 2.28 bits per heavy atom. The molecule has 1 saturated carbocycles. The van der Waals surface area contributed by atoms with Crippen LogP contribution in [-0.2, 0) is 4.79 Å². The number of nitriles is 1. The number of hydrogen-bond donors (Lipinski definition) is 2. The number of aryl methyl sites for hydroxylation is 1. The van der Waals surface area contributed by atoms with E-state index in [2.05, 4.69) is 11.4 Å². The van der Waals surface area contributed by atoms with Crippen molar-refractivity contribution in [2.75, 3.05) is 5.32 Å². The molecular weight excluding hydrogens is 228 g/mol. The van der Waals surface area contributed by atoms with E-state index in [0.717, 1.165) is 17.7 Å². The molecular formula is C14H16N2O2. The predicted octanol–water partition coefficient (Wildman–Crippen LogP) is 2.53. The summed E-state index contributed by atoms with van der Waals surface area (Å²) in [6.07, 6.45) is 2.19. The van der Waals surface area contributed by atoms with Crippen LogP contribution in [0.5, 0.6) is 0 Å². The number of carbonyl (C=O) groups is 1. The van der Waals surface area contributed by atoms with Gasteiger partial charge in [0.1, 0.15) is 6.07 Å². The van der Waals surface area contributed by atoms with Gasteiger partial charge in [0.2, 0.25) is 0 Å². The van der Waals surface area contributed by atoms with Crippen LogP contribution in [0.3, 0.4) is 0 Å². The van der Waals surface area contributed by atoms with E-state index in [9.17, 15) is 4.79 Å². The first-order valence-electron chi connectivity index (χ1n) is 6.11. The molecule has 0 aliphatic heterocycles. The highest BCUT2D eigenvalue weighted by atomic mass is 16.4. The SMILES string of the molecule is Cc1cccc(C#N)c1NC1CCC(C(=O)O)C1. The second-order valence-corrected chi connectivity index (χ2v) is 4.80. The molecule has 0 amide bonds. The summed E-state index contributed by atoms with van der Waals surface area (Å²) in [6, 6.07) is 7.90. The zero-order valence-corrected chi connectivity index (χ0v) is 10.3. The van der Waals surface area contributed by atoms with Gasteiger partial charge in [-0.15, -0.1) is 0 Å². The second-order valence-electron chi connectivity index (χ2n) is 4.80. The average molecular weight is 244 g/mol. The van der Waals surface area contributed by atoms with E-state index in [0.29, 0.717) is 18.4 Å². The molecule has 1 aromatic rings. The fraction of sp³-hybridized carbons (Fsp3) is 0.429. The first-order valence-corrected chi connectivity index (χ1v) is 6.11. The largest absolute Gasteiger partial charge is 0.481 e. The number of carboxylic acids is 1. The van der Waals surface area contributed by atoms with Gasteiger partial charge in [-0.3, -0.25) is 4.79 Å².